The summed E-state index contributed by atoms with van der Waals surface area (Å²) >= 11 is 0. The molecule has 1 heterocycles. The lowest BCUT2D eigenvalue weighted by atomic mass is 10.0. The first kappa shape index (κ1) is 15.5. The Balaban J connectivity index is 1.84. The van der Waals surface area contributed by atoms with Gasteiger partial charge in [0.05, 0.1) is 0 Å². The van der Waals surface area contributed by atoms with Crippen LogP contribution in [0.1, 0.15) is 37.8 Å². The second kappa shape index (κ2) is 7.19. The van der Waals surface area contributed by atoms with Gasteiger partial charge in [0.25, 0.3) is 0 Å². The minimum absolute atomic E-state index is 0.107. The summed E-state index contributed by atoms with van der Waals surface area (Å²) in [5.74, 6) is 0.541. The Morgan fingerprint density at radius 2 is 1.95 bits per heavy atom. The average molecular weight is 278 g/mol. The SMILES string of the molecule is Cc1ccc(CNCC(C(C)C)N2CCCC2)cc1F. The van der Waals surface area contributed by atoms with E-state index in [1.807, 2.05) is 12.1 Å². The summed E-state index contributed by atoms with van der Waals surface area (Å²) in [6.07, 6.45) is 2.65. The van der Waals surface area contributed by atoms with Gasteiger partial charge in [0, 0.05) is 19.1 Å². The standard InChI is InChI=1S/C17H27FN2/c1-13(2)17(20-8-4-5-9-20)12-19-11-15-7-6-14(3)16(18)10-15/h6-7,10,13,17,19H,4-5,8-9,11-12H2,1-3H3. The Morgan fingerprint density at radius 3 is 2.55 bits per heavy atom. The van der Waals surface area contributed by atoms with Crippen molar-refractivity contribution >= 4 is 0 Å². The number of nitrogens with zero attached hydrogens (tertiary/aromatic N) is 1. The summed E-state index contributed by atoms with van der Waals surface area (Å²) in [4.78, 5) is 2.59. The number of benzene rings is 1. The van der Waals surface area contributed by atoms with Crippen LogP contribution in [-0.4, -0.2) is 30.6 Å². The molecule has 1 aliphatic heterocycles. The zero-order valence-electron chi connectivity index (χ0n) is 13.0. The summed E-state index contributed by atoms with van der Waals surface area (Å²) in [6, 6.07) is 6.09. The van der Waals surface area contributed by atoms with Gasteiger partial charge in [-0.05, 0) is 56.0 Å². The number of aryl methyl sites for hydroxylation is 1. The molecule has 0 saturated carbocycles. The van der Waals surface area contributed by atoms with E-state index in [0.29, 0.717) is 17.5 Å². The van der Waals surface area contributed by atoms with E-state index >= 15 is 0 Å². The van der Waals surface area contributed by atoms with E-state index in [4.69, 9.17) is 0 Å². The topological polar surface area (TPSA) is 15.3 Å². The van der Waals surface area contributed by atoms with Crippen LogP contribution in [-0.2, 0) is 6.54 Å². The van der Waals surface area contributed by atoms with Crippen molar-refractivity contribution < 1.29 is 4.39 Å². The van der Waals surface area contributed by atoms with Gasteiger partial charge in [0.1, 0.15) is 5.82 Å². The molecule has 1 saturated heterocycles. The summed E-state index contributed by atoms with van der Waals surface area (Å²) in [6.45, 7) is 10.6. The van der Waals surface area contributed by atoms with Crippen LogP contribution in [0.5, 0.6) is 0 Å². The molecule has 112 valence electrons. The second-order valence-electron chi connectivity index (χ2n) is 6.27. The molecular weight excluding hydrogens is 251 g/mol. The normalized spacial score (nSPS) is 17.9. The zero-order chi connectivity index (χ0) is 14.5. The highest BCUT2D eigenvalue weighted by molar-refractivity contribution is 5.23. The molecule has 0 aromatic heterocycles. The van der Waals surface area contributed by atoms with Gasteiger partial charge in [0.2, 0.25) is 0 Å². The van der Waals surface area contributed by atoms with Crippen molar-refractivity contribution in [3.63, 3.8) is 0 Å². The van der Waals surface area contributed by atoms with Crippen molar-refractivity contribution in [3.8, 4) is 0 Å². The molecule has 2 rings (SSSR count). The third-order valence-electron chi connectivity index (χ3n) is 4.30. The summed E-state index contributed by atoms with van der Waals surface area (Å²) in [5, 5.41) is 3.50. The lowest BCUT2D eigenvalue weighted by molar-refractivity contribution is 0.186. The predicted molar refractivity (Wildman–Crippen MR) is 82.3 cm³/mol. The molecule has 0 amide bonds. The summed E-state index contributed by atoms with van der Waals surface area (Å²) in [5.41, 5.74) is 1.74. The van der Waals surface area contributed by atoms with Crippen LogP contribution in [0.15, 0.2) is 18.2 Å². The fourth-order valence-electron chi connectivity index (χ4n) is 2.97. The summed E-state index contributed by atoms with van der Waals surface area (Å²) < 4.78 is 13.5. The molecule has 3 heteroatoms. The maximum atomic E-state index is 13.5. The Kier molecular flexibility index (Phi) is 5.55. The van der Waals surface area contributed by atoms with Gasteiger partial charge in [-0.25, -0.2) is 4.39 Å². The van der Waals surface area contributed by atoms with E-state index < -0.39 is 0 Å². The molecule has 1 unspecified atom stereocenters. The van der Waals surface area contributed by atoms with E-state index in [9.17, 15) is 4.39 Å². The van der Waals surface area contributed by atoms with Gasteiger partial charge in [-0.3, -0.25) is 4.90 Å². The largest absolute Gasteiger partial charge is 0.311 e. The minimum atomic E-state index is -0.107. The lowest BCUT2D eigenvalue weighted by Gasteiger charge is -2.31. The number of nitrogens with one attached hydrogen (secondary N) is 1. The molecular formula is C17H27FN2. The van der Waals surface area contributed by atoms with Crippen LogP contribution < -0.4 is 5.32 Å². The monoisotopic (exact) mass is 278 g/mol. The van der Waals surface area contributed by atoms with Crippen molar-refractivity contribution in [3.05, 3.63) is 35.1 Å². The number of halogens is 1. The van der Waals surface area contributed by atoms with Crippen LogP contribution in [0.3, 0.4) is 0 Å². The molecule has 2 nitrogen and oxygen atoms in total. The van der Waals surface area contributed by atoms with Crippen LogP contribution >= 0.6 is 0 Å². The summed E-state index contributed by atoms with van der Waals surface area (Å²) in [7, 11) is 0. The lowest BCUT2D eigenvalue weighted by Crippen LogP contribution is -2.44. The fourth-order valence-corrected chi connectivity index (χ4v) is 2.97. The van der Waals surface area contributed by atoms with Crippen LogP contribution in [0.2, 0.25) is 0 Å². The number of hydrogen-bond donors (Lipinski definition) is 1. The molecule has 1 aromatic rings. The predicted octanol–water partition coefficient (Wildman–Crippen LogP) is 3.34. The van der Waals surface area contributed by atoms with Crippen molar-refractivity contribution in [2.75, 3.05) is 19.6 Å². The van der Waals surface area contributed by atoms with Crippen LogP contribution in [0, 0.1) is 18.7 Å². The maximum absolute atomic E-state index is 13.5. The van der Waals surface area contributed by atoms with Gasteiger partial charge in [-0.1, -0.05) is 26.0 Å². The molecule has 1 atom stereocenters. The number of likely N-dealkylation sites (tertiary alicyclic amines) is 1. The smallest absolute Gasteiger partial charge is 0.126 e. The Bertz CT molecular complexity index is 425. The number of hydrogen-bond acceptors (Lipinski definition) is 2. The molecule has 1 aliphatic rings. The molecule has 20 heavy (non-hydrogen) atoms. The molecule has 1 aromatic carbocycles. The fraction of sp³-hybridized carbons (Fsp3) is 0.647. The van der Waals surface area contributed by atoms with Crippen molar-refractivity contribution in [2.24, 2.45) is 5.92 Å². The molecule has 0 spiro atoms. The Labute approximate surface area is 122 Å². The van der Waals surface area contributed by atoms with E-state index in [0.717, 1.165) is 18.7 Å². The van der Waals surface area contributed by atoms with E-state index in [1.54, 1.807) is 13.0 Å². The highest BCUT2D eigenvalue weighted by Gasteiger charge is 2.23. The van der Waals surface area contributed by atoms with Gasteiger partial charge < -0.3 is 5.32 Å². The van der Waals surface area contributed by atoms with Crippen molar-refractivity contribution in [2.45, 2.75) is 46.2 Å². The highest BCUT2D eigenvalue weighted by atomic mass is 19.1. The molecule has 0 radical (unpaired) electrons. The van der Waals surface area contributed by atoms with Gasteiger partial charge in [-0.15, -0.1) is 0 Å². The zero-order valence-corrected chi connectivity index (χ0v) is 13.0. The second-order valence-corrected chi connectivity index (χ2v) is 6.27. The quantitative estimate of drug-likeness (QED) is 0.858. The van der Waals surface area contributed by atoms with Gasteiger partial charge >= 0.3 is 0 Å². The maximum Gasteiger partial charge on any atom is 0.126 e. The van der Waals surface area contributed by atoms with E-state index in [-0.39, 0.29) is 5.82 Å². The van der Waals surface area contributed by atoms with Gasteiger partial charge in [0.15, 0.2) is 0 Å². The van der Waals surface area contributed by atoms with Crippen LogP contribution in [0.25, 0.3) is 0 Å². The Hall–Kier alpha value is -0.930. The van der Waals surface area contributed by atoms with Crippen molar-refractivity contribution in [1.82, 2.24) is 10.2 Å². The molecule has 1 fully saturated rings. The van der Waals surface area contributed by atoms with Gasteiger partial charge in [-0.2, -0.15) is 0 Å². The molecule has 0 aliphatic carbocycles. The third-order valence-corrected chi connectivity index (χ3v) is 4.30. The number of rotatable bonds is 6. The highest BCUT2D eigenvalue weighted by Crippen LogP contribution is 2.17. The first-order valence-corrected chi connectivity index (χ1v) is 7.77. The van der Waals surface area contributed by atoms with Crippen molar-refractivity contribution in [1.29, 1.82) is 0 Å². The first-order chi connectivity index (χ1) is 9.58. The average Bonchev–Trinajstić information content (AvgIpc) is 2.92. The Morgan fingerprint density at radius 1 is 1.25 bits per heavy atom. The molecule has 0 bridgehead atoms. The van der Waals surface area contributed by atoms with Crippen LogP contribution in [0.4, 0.5) is 4.39 Å². The van der Waals surface area contributed by atoms with E-state index in [1.165, 1.54) is 25.9 Å². The molecule has 1 N–H and O–H groups in total. The first-order valence-electron chi connectivity index (χ1n) is 7.77. The minimum Gasteiger partial charge on any atom is -0.311 e. The third kappa shape index (κ3) is 4.03. The van der Waals surface area contributed by atoms with E-state index in [2.05, 4.69) is 24.1 Å².